The lowest BCUT2D eigenvalue weighted by molar-refractivity contribution is -0.153. The lowest BCUT2D eigenvalue weighted by atomic mass is 9.92. The lowest BCUT2D eigenvalue weighted by Gasteiger charge is -2.42. The molecule has 1 heterocycles. The lowest BCUT2D eigenvalue weighted by Crippen LogP contribution is -2.56. The molecule has 2 fully saturated rings. The minimum atomic E-state index is -0.621. The summed E-state index contributed by atoms with van der Waals surface area (Å²) in [4.78, 5) is 13.7. The topological polar surface area (TPSA) is 49.8 Å². The molecule has 2 aliphatic rings. The van der Waals surface area contributed by atoms with Gasteiger partial charge in [-0.1, -0.05) is 12.8 Å². The molecule has 1 saturated heterocycles. The van der Waals surface area contributed by atoms with Crippen molar-refractivity contribution >= 4 is 5.97 Å². The molecule has 4 heteroatoms. The van der Waals surface area contributed by atoms with Crippen molar-refractivity contribution in [1.29, 1.82) is 0 Å². The molecule has 0 bridgehead atoms. The van der Waals surface area contributed by atoms with Gasteiger partial charge in [0, 0.05) is 19.7 Å². The van der Waals surface area contributed by atoms with Crippen molar-refractivity contribution in [3.8, 4) is 0 Å². The number of hydrogen-bond acceptors (Lipinski definition) is 3. The monoisotopic (exact) mass is 241 g/mol. The summed E-state index contributed by atoms with van der Waals surface area (Å²) in [6.45, 7) is 4.52. The van der Waals surface area contributed by atoms with E-state index in [0.717, 1.165) is 58.2 Å². The Kier molecular flexibility index (Phi) is 4.05. The normalized spacial score (nSPS) is 26.2. The second kappa shape index (κ2) is 5.36. The summed E-state index contributed by atoms with van der Waals surface area (Å²) in [5, 5.41) is 9.51. The predicted octanol–water partition coefficient (Wildman–Crippen LogP) is 1.88. The first-order valence-electron chi connectivity index (χ1n) is 6.79. The molecule has 0 spiro atoms. The predicted molar refractivity (Wildman–Crippen MR) is 65.1 cm³/mol. The third-order valence-corrected chi connectivity index (χ3v) is 4.28. The zero-order chi connectivity index (χ0) is 12.3. The highest BCUT2D eigenvalue weighted by molar-refractivity contribution is 5.79. The molecule has 0 aromatic carbocycles. The Morgan fingerprint density at radius 3 is 2.41 bits per heavy atom. The van der Waals surface area contributed by atoms with E-state index in [2.05, 4.69) is 4.90 Å². The Hall–Kier alpha value is -0.610. The van der Waals surface area contributed by atoms with Gasteiger partial charge in [0.15, 0.2) is 0 Å². The van der Waals surface area contributed by atoms with Crippen molar-refractivity contribution < 1.29 is 14.6 Å². The van der Waals surface area contributed by atoms with Crippen LogP contribution in [0.25, 0.3) is 0 Å². The summed E-state index contributed by atoms with van der Waals surface area (Å²) in [7, 11) is 0. The van der Waals surface area contributed by atoms with Crippen molar-refractivity contribution in [1.82, 2.24) is 4.90 Å². The zero-order valence-electron chi connectivity index (χ0n) is 10.7. The van der Waals surface area contributed by atoms with Crippen LogP contribution in [0.2, 0.25) is 0 Å². The minimum absolute atomic E-state index is 0.337. The molecule has 1 aliphatic heterocycles. The fourth-order valence-corrected chi connectivity index (χ4v) is 3.31. The standard InChI is InChI=1S/C13H23NO3/c1-2-17-11-5-9-14(10-6-11)13(12(15)16)7-3-4-8-13/h11H,2-10H2,1H3,(H,15,16). The van der Waals surface area contributed by atoms with Crippen molar-refractivity contribution in [3.05, 3.63) is 0 Å². The smallest absolute Gasteiger partial charge is 0.324 e. The SMILES string of the molecule is CCOC1CCN(C2(C(=O)O)CCCC2)CC1. The second-order valence-electron chi connectivity index (χ2n) is 5.19. The summed E-state index contributed by atoms with van der Waals surface area (Å²) in [6, 6.07) is 0. The molecule has 0 radical (unpaired) electrons. The Bertz CT molecular complexity index is 266. The molecular weight excluding hydrogens is 218 g/mol. The number of rotatable bonds is 4. The Morgan fingerprint density at radius 1 is 1.35 bits per heavy atom. The largest absolute Gasteiger partial charge is 0.480 e. The Labute approximate surface area is 103 Å². The number of piperidine rings is 1. The maximum Gasteiger partial charge on any atom is 0.324 e. The van der Waals surface area contributed by atoms with Crippen molar-refractivity contribution in [2.24, 2.45) is 0 Å². The van der Waals surface area contributed by atoms with Crippen molar-refractivity contribution in [2.75, 3.05) is 19.7 Å². The fraction of sp³-hybridized carbons (Fsp3) is 0.923. The summed E-state index contributed by atoms with van der Waals surface area (Å²) in [5.74, 6) is -0.621. The molecule has 0 unspecified atom stereocenters. The van der Waals surface area contributed by atoms with Gasteiger partial charge in [0.1, 0.15) is 5.54 Å². The molecule has 4 nitrogen and oxygen atoms in total. The van der Waals surface area contributed by atoms with Crippen LogP contribution < -0.4 is 0 Å². The van der Waals surface area contributed by atoms with Crippen LogP contribution in [0.15, 0.2) is 0 Å². The van der Waals surface area contributed by atoms with Gasteiger partial charge in [0.25, 0.3) is 0 Å². The van der Waals surface area contributed by atoms with Crippen LogP contribution in [-0.2, 0) is 9.53 Å². The van der Waals surface area contributed by atoms with Gasteiger partial charge in [-0.3, -0.25) is 9.69 Å². The van der Waals surface area contributed by atoms with E-state index in [1.54, 1.807) is 0 Å². The number of hydrogen-bond donors (Lipinski definition) is 1. The van der Waals surface area contributed by atoms with Gasteiger partial charge in [-0.15, -0.1) is 0 Å². The quantitative estimate of drug-likeness (QED) is 0.816. The minimum Gasteiger partial charge on any atom is -0.480 e. The van der Waals surface area contributed by atoms with Crippen LogP contribution in [-0.4, -0.2) is 47.3 Å². The van der Waals surface area contributed by atoms with Crippen LogP contribution in [0, 0.1) is 0 Å². The van der Waals surface area contributed by atoms with Crippen LogP contribution in [0.4, 0.5) is 0 Å². The van der Waals surface area contributed by atoms with Gasteiger partial charge in [-0.25, -0.2) is 0 Å². The van der Waals surface area contributed by atoms with Crippen LogP contribution in [0.3, 0.4) is 0 Å². The number of carbonyl (C=O) groups is 1. The molecule has 98 valence electrons. The van der Waals surface area contributed by atoms with Gasteiger partial charge in [0.2, 0.25) is 0 Å². The summed E-state index contributed by atoms with van der Waals surface area (Å²) < 4.78 is 5.61. The maximum atomic E-state index is 11.6. The number of carboxylic acids is 1. The average molecular weight is 241 g/mol. The van der Waals surface area contributed by atoms with Crippen molar-refractivity contribution in [3.63, 3.8) is 0 Å². The average Bonchev–Trinajstić information content (AvgIpc) is 2.81. The number of likely N-dealkylation sites (tertiary alicyclic amines) is 1. The highest BCUT2D eigenvalue weighted by atomic mass is 16.5. The van der Waals surface area contributed by atoms with E-state index < -0.39 is 11.5 Å². The van der Waals surface area contributed by atoms with E-state index in [-0.39, 0.29) is 0 Å². The van der Waals surface area contributed by atoms with Gasteiger partial charge in [-0.05, 0) is 32.6 Å². The maximum absolute atomic E-state index is 11.6. The third-order valence-electron chi connectivity index (χ3n) is 4.28. The summed E-state index contributed by atoms with van der Waals surface area (Å²) >= 11 is 0. The number of carboxylic acid groups (broad SMARTS) is 1. The van der Waals surface area contributed by atoms with Gasteiger partial charge < -0.3 is 9.84 Å². The number of aliphatic carboxylic acids is 1. The molecule has 2 rings (SSSR count). The molecule has 0 aromatic rings. The van der Waals surface area contributed by atoms with E-state index in [4.69, 9.17) is 4.74 Å². The molecule has 0 atom stereocenters. The third kappa shape index (κ3) is 2.47. The fourth-order valence-electron chi connectivity index (χ4n) is 3.31. The molecule has 17 heavy (non-hydrogen) atoms. The van der Waals surface area contributed by atoms with E-state index in [0.29, 0.717) is 6.10 Å². The van der Waals surface area contributed by atoms with Gasteiger partial charge >= 0.3 is 5.97 Å². The number of nitrogens with zero attached hydrogens (tertiary/aromatic N) is 1. The van der Waals surface area contributed by atoms with E-state index in [1.807, 2.05) is 6.92 Å². The Morgan fingerprint density at radius 2 is 1.94 bits per heavy atom. The molecule has 1 N–H and O–H groups in total. The van der Waals surface area contributed by atoms with E-state index >= 15 is 0 Å². The molecule has 1 saturated carbocycles. The first-order valence-corrected chi connectivity index (χ1v) is 6.79. The van der Waals surface area contributed by atoms with Gasteiger partial charge in [-0.2, -0.15) is 0 Å². The molecule has 0 amide bonds. The van der Waals surface area contributed by atoms with Crippen LogP contribution >= 0.6 is 0 Å². The molecule has 0 aromatic heterocycles. The van der Waals surface area contributed by atoms with E-state index in [1.165, 1.54) is 0 Å². The van der Waals surface area contributed by atoms with Crippen molar-refractivity contribution in [2.45, 2.75) is 57.1 Å². The first kappa shape index (κ1) is 12.8. The second-order valence-corrected chi connectivity index (χ2v) is 5.19. The summed E-state index contributed by atoms with van der Waals surface area (Å²) in [6.07, 6.45) is 6.04. The summed E-state index contributed by atoms with van der Waals surface area (Å²) in [5.41, 5.74) is -0.558. The number of ether oxygens (including phenoxy) is 1. The molecule has 1 aliphatic carbocycles. The van der Waals surface area contributed by atoms with Crippen LogP contribution in [0.1, 0.15) is 45.4 Å². The molecular formula is C13H23NO3. The first-order chi connectivity index (χ1) is 8.19. The Balaban J connectivity index is 1.96. The van der Waals surface area contributed by atoms with E-state index in [9.17, 15) is 9.90 Å². The highest BCUT2D eigenvalue weighted by Gasteiger charge is 2.47. The highest BCUT2D eigenvalue weighted by Crippen LogP contribution is 2.37. The van der Waals surface area contributed by atoms with Crippen LogP contribution in [0.5, 0.6) is 0 Å². The van der Waals surface area contributed by atoms with Gasteiger partial charge in [0.05, 0.1) is 6.10 Å². The zero-order valence-corrected chi connectivity index (χ0v) is 10.7.